The van der Waals surface area contributed by atoms with Gasteiger partial charge in [0, 0.05) is 31.0 Å². The fourth-order valence-electron chi connectivity index (χ4n) is 2.10. The van der Waals surface area contributed by atoms with Crippen LogP contribution in [0.2, 0.25) is 0 Å². The second kappa shape index (κ2) is 4.04. The Morgan fingerprint density at radius 1 is 1.19 bits per heavy atom. The predicted molar refractivity (Wildman–Crippen MR) is 61.9 cm³/mol. The number of hydrogen-bond donors (Lipinski definition) is 0. The van der Waals surface area contributed by atoms with Gasteiger partial charge in [-0.15, -0.1) is 0 Å². The summed E-state index contributed by atoms with van der Waals surface area (Å²) in [5.41, 5.74) is 1.01. The SMILES string of the molecule is Fc1cc(N(CC2CC2)CC2CC2)ccn1. The molecule has 86 valence electrons. The molecule has 3 rings (SSSR count). The van der Waals surface area contributed by atoms with Crippen LogP contribution in [0.1, 0.15) is 25.7 Å². The van der Waals surface area contributed by atoms with Gasteiger partial charge in [0.2, 0.25) is 5.95 Å². The molecule has 0 N–H and O–H groups in total. The Bertz CT molecular complexity index is 358. The van der Waals surface area contributed by atoms with Gasteiger partial charge in [-0.1, -0.05) is 0 Å². The zero-order valence-corrected chi connectivity index (χ0v) is 9.40. The fraction of sp³-hybridized carbons (Fsp3) is 0.615. The molecule has 0 aromatic carbocycles. The zero-order chi connectivity index (χ0) is 11.0. The summed E-state index contributed by atoms with van der Waals surface area (Å²) in [5.74, 6) is 1.32. The van der Waals surface area contributed by atoms with Gasteiger partial charge in [0.15, 0.2) is 0 Å². The average molecular weight is 220 g/mol. The second-order valence-electron chi connectivity index (χ2n) is 5.13. The molecule has 0 spiro atoms. The minimum atomic E-state index is -0.367. The van der Waals surface area contributed by atoms with E-state index in [1.54, 1.807) is 12.3 Å². The molecule has 0 atom stereocenters. The predicted octanol–water partition coefficient (Wildman–Crippen LogP) is 2.85. The molecule has 1 aromatic rings. The highest BCUT2D eigenvalue weighted by Crippen LogP contribution is 2.35. The van der Waals surface area contributed by atoms with Crippen molar-refractivity contribution in [3.63, 3.8) is 0 Å². The molecule has 2 aliphatic carbocycles. The van der Waals surface area contributed by atoms with E-state index >= 15 is 0 Å². The highest BCUT2D eigenvalue weighted by molar-refractivity contribution is 5.45. The Morgan fingerprint density at radius 3 is 2.31 bits per heavy atom. The summed E-state index contributed by atoms with van der Waals surface area (Å²) < 4.78 is 13.1. The molecule has 16 heavy (non-hydrogen) atoms. The maximum Gasteiger partial charge on any atom is 0.214 e. The van der Waals surface area contributed by atoms with Crippen molar-refractivity contribution in [2.24, 2.45) is 11.8 Å². The quantitative estimate of drug-likeness (QED) is 0.709. The smallest absolute Gasteiger partial charge is 0.214 e. The lowest BCUT2D eigenvalue weighted by atomic mass is 10.2. The Balaban J connectivity index is 1.73. The minimum absolute atomic E-state index is 0.367. The van der Waals surface area contributed by atoms with Crippen LogP contribution in [0.5, 0.6) is 0 Å². The van der Waals surface area contributed by atoms with E-state index in [4.69, 9.17) is 0 Å². The van der Waals surface area contributed by atoms with Crippen molar-refractivity contribution >= 4 is 5.69 Å². The third-order valence-electron chi connectivity index (χ3n) is 3.43. The van der Waals surface area contributed by atoms with Crippen LogP contribution in [0.3, 0.4) is 0 Å². The van der Waals surface area contributed by atoms with Crippen LogP contribution in [0.15, 0.2) is 18.3 Å². The fourth-order valence-corrected chi connectivity index (χ4v) is 2.10. The summed E-state index contributed by atoms with van der Waals surface area (Å²) in [6.45, 7) is 2.19. The van der Waals surface area contributed by atoms with Crippen LogP contribution in [0.25, 0.3) is 0 Å². The van der Waals surface area contributed by atoms with Crippen LogP contribution in [0.4, 0.5) is 10.1 Å². The Morgan fingerprint density at radius 2 is 1.81 bits per heavy atom. The molecule has 2 fully saturated rings. The summed E-state index contributed by atoms with van der Waals surface area (Å²) in [4.78, 5) is 5.97. The molecule has 0 aliphatic heterocycles. The maximum atomic E-state index is 13.1. The topological polar surface area (TPSA) is 16.1 Å². The highest BCUT2D eigenvalue weighted by Gasteiger charge is 2.29. The second-order valence-corrected chi connectivity index (χ2v) is 5.13. The van der Waals surface area contributed by atoms with Crippen LogP contribution in [-0.4, -0.2) is 18.1 Å². The lowest BCUT2D eigenvalue weighted by Gasteiger charge is -2.24. The number of hydrogen-bond acceptors (Lipinski definition) is 2. The first-order chi connectivity index (χ1) is 7.81. The van der Waals surface area contributed by atoms with Gasteiger partial charge in [-0.25, -0.2) is 4.98 Å². The van der Waals surface area contributed by atoms with Gasteiger partial charge in [-0.3, -0.25) is 0 Å². The molecule has 1 heterocycles. The summed E-state index contributed by atoms with van der Waals surface area (Å²) >= 11 is 0. The largest absolute Gasteiger partial charge is 0.371 e. The van der Waals surface area contributed by atoms with Crippen molar-refractivity contribution in [2.45, 2.75) is 25.7 Å². The molecule has 2 nitrogen and oxygen atoms in total. The summed E-state index contributed by atoms with van der Waals surface area (Å²) in [6, 6.07) is 3.48. The lowest BCUT2D eigenvalue weighted by molar-refractivity contribution is 0.581. The van der Waals surface area contributed by atoms with E-state index in [-0.39, 0.29) is 5.95 Å². The molecule has 1 aromatic heterocycles. The number of aromatic nitrogens is 1. The molecule has 3 heteroatoms. The van der Waals surface area contributed by atoms with Crippen LogP contribution >= 0.6 is 0 Å². The monoisotopic (exact) mass is 220 g/mol. The third kappa shape index (κ3) is 2.52. The van der Waals surface area contributed by atoms with E-state index < -0.39 is 0 Å². The lowest BCUT2D eigenvalue weighted by Crippen LogP contribution is -2.28. The molecule has 0 radical (unpaired) electrons. The van der Waals surface area contributed by atoms with Crippen molar-refractivity contribution in [1.29, 1.82) is 0 Å². The van der Waals surface area contributed by atoms with Crippen molar-refractivity contribution < 1.29 is 4.39 Å². The molecular weight excluding hydrogens is 203 g/mol. The molecule has 0 saturated heterocycles. The van der Waals surface area contributed by atoms with Crippen LogP contribution in [0, 0.1) is 17.8 Å². The molecule has 0 unspecified atom stereocenters. The van der Waals surface area contributed by atoms with Crippen LogP contribution in [-0.2, 0) is 0 Å². The highest BCUT2D eigenvalue weighted by atomic mass is 19.1. The van der Waals surface area contributed by atoms with Crippen molar-refractivity contribution in [3.05, 3.63) is 24.3 Å². The summed E-state index contributed by atoms with van der Waals surface area (Å²) in [7, 11) is 0. The first-order valence-electron chi connectivity index (χ1n) is 6.18. The van der Waals surface area contributed by atoms with Gasteiger partial charge in [0.1, 0.15) is 0 Å². The molecule has 0 amide bonds. The standard InChI is InChI=1S/C13H17FN2/c14-13-7-12(5-6-15-13)16(8-10-1-2-10)9-11-3-4-11/h5-7,10-11H,1-4,8-9H2. The number of nitrogens with zero attached hydrogens (tertiary/aromatic N) is 2. The van der Waals surface area contributed by atoms with Gasteiger partial charge in [-0.05, 0) is 43.6 Å². The number of pyridine rings is 1. The maximum absolute atomic E-state index is 13.1. The van der Waals surface area contributed by atoms with E-state index in [0.717, 1.165) is 30.6 Å². The third-order valence-corrected chi connectivity index (χ3v) is 3.43. The van der Waals surface area contributed by atoms with Crippen molar-refractivity contribution in [3.8, 4) is 0 Å². The minimum Gasteiger partial charge on any atom is -0.371 e. The molecule has 2 saturated carbocycles. The first-order valence-corrected chi connectivity index (χ1v) is 6.18. The normalized spacial score (nSPS) is 19.8. The average Bonchev–Trinajstić information content (AvgIpc) is 3.11. The van der Waals surface area contributed by atoms with E-state index in [0.29, 0.717) is 0 Å². The van der Waals surface area contributed by atoms with Gasteiger partial charge in [0.25, 0.3) is 0 Å². The Kier molecular flexibility index (Phi) is 2.54. The summed E-state index contributed by atoms with van der Waals surface area (Å²) in [5, 5.41) is 0. The van der Waals surface area contributed by atoms with E-state index in [1.807, 2.05) is 6.07 Å². The summed E-state index contributed by atoms with van der Waals surface area (Å²) in [6.07, 6.45) is 6.93. The van der Waals surface area contributed by atoms with Crippen molar-refractivity contribution in [2.75, 3.05) is 18.0 Å². The number of halogens is 1. The van der Waals surface area contributed by atoms with Gasteiger partial charge in [0.05, 0.1) is 0 Å². The molecule has 2 aliphatic rings. The first kappa shape index (κ1) is 10.1. The van der Waals surface area contributed by atoms with Gasteiger partial charge in [-0.2, -0.15) is 4.39 Å². The molecular formula is C13H17FN2. The number of rotatable bonds is 5. The van der Waals surface area contributed by atoms with E-state index in [9.17, 15) is 4.39 Å². The zero-order valence-electron chi connectivity index (χ0n) is 9.40. The number of anilines is 1. The van der Waals surface area contributed by atoms with Crippen LogP contribution < -0.4 is 4.90 Å². The van der Waals surface area contributed by atoms with Crippen molar-refractivity contribution in [1.82, 2.24) is 4.98 Å². The molecule has 0 bridgehead atoms. The Labute approximate surface area is 95.5 Å². The van der Waals surface area contributed by atoms with Gasteiger partial charge >= 0.3 is 0 Å². The van der Waals surface area contributed by atoms with E-state index in [2.05, 4.69) is 9.88 Å². The van der Waals surface area contributed by atoms with Gasteiger partial charge < -0.3 is 4.90 Å². The van der Waals surface area contributed by atoms with E-state index in [1.165, 1.54) is 25.7 Å². The Hall–Kier alpha value is -1.12.